The van der Waals surface area contributed by atoms with Crippen molar-refractivity contribution in [3.8, 4) is 11.5 Å². The average molecular weight is 328 g/mol. The Kier molecular flexibility index (Phi) is 5.13. The number of carbonyl (C=O) groups is 2. The zero-order valence-corrected chi connectivity index (χ0v) is 13.1. The summed E-state index contributed by atoms with van der Waals surface area (Å²) >= 11 is 6.15. The molecule has 2 rings (SSSR count). The van der Waals surface area contributed by atoms with Crippen molar-refractivity contribution in [2.45, 2.75) is 19.9 Å². The van der Waals surface area contributed by atoms with E-state index >= 15 is 0 Å². The smallest absolute Gasteiger partial charge is 0.307 e. The van der Waals surface area contributed by atoms with Crippen molar-refractivity contribution in [2.75, 3.05) is 13.7 Å². The van der Waals surface area contributed by atoms with E-state index in [0.717, 1.165) is 5.56 Å². The van der Waals surface area contributed by atoms with Crippen molar-refractivity contribution in [2.24, 2.45) is 11.8 Å². The third kappa shape index (κ3) is 3.62. The zero-order chi connectivity index (χ0) is 16.3. The molecule has 6 nitrogen and oxygen atoms in total. The highest BCUT2D eigenvalue weighted by molar-refractivity contribution is 6.32. The molecule has 1 saturated carbocycles. The number of hydrogen-bond acceptors (Lipinski definition) is 4. The number of carbonyl (C=O) groups excluding carboxylic acids is 1. The summed E-state index contributed by atoms with van der Waals surface area (Å²) < 4.78 is 10.7. The Hall–Kier alpha value is -1.95. The third-order valence-electron chi connectivity index (χ3n) is 3.49. The van der Waals surface area contributed by atoms with Crippen molar-refractivity contribution >= 4 is 23.5 Å². The maximum absolute atomic E-state index is 11.8. The van der Waals surface area contributed by atoms with Crippen LogP contribution in [0.1, 0.15) is 18.9 Å². The fraction of sp³-hybridized carbons (Fsp3) is 0.467. The highest BCUT2D eigenvalue weighted by Gasteiger charge is 2.48. The van der Waals surface area contributed by atoms with Gasteiger partial charge >= 0.3 is 5.97 Å². The van der Waals surface area contributed by atoms with Gasteiger partial charge in [-0.05, 0) is 31.0 Å². The second kappa shape index (κ2) is 6.87. The SMILES string of the molecule is CCOc1c(Cl)cc(CNC(=O)[C@H]2C[C@@H]2C(=O)O)cc1OC. The van der Waals surface area contributed by atoms with Gasteiger partial charge in [-0.3, -0.25) is 9.59 Å². The van der Waals surface area contributed by atoms with Crippen molar-refractivity contribution in [1.82, 2.24) is 5.32 Å². The largest absolute Gasteiger partial charge is 0.493 e. The number of methoxy groups -OCH3 is 1. The number of hydrogen-bond donors (Lipinski definition) is 2. The first-order valence-corrected chi connectivity index (χ1v) is 7.35. The molecule has 120 valence electrons. The van der Waals surface area contributed by atoms with Crippen LogP contribution in [0.3, 0.4) is 0 Å². The van der Waals surface area contributed by atoms with E-state index in [1.807, 2.05) is 6.92 Å². The summed E-state index contributed by atoms with van der Waals surface area (Å²) in [5.74, 6) is -1.21. The number of aliphatic carboxylic acids is 1. The van der Waals surface area contributed by atoms with Gasteiger partial charge in [-0.1, -0.05) is 11.6 Å². The second-order valence-electron chi connectivity index (χ2n) is 5.05. The fourth-order valence-electron chi connectivity index (χ4n) is 2.24. The quantitative estimate of drug-likeness (QED) is 0.801. The normalized spacial score (nSPS) is 19.4. The molecule has 0 aromatic heterocycles. The summed E-state index contributed by atoms with van der Waals surface area (Å²) in [6.07, 6.45) is 0.397. The molecule has 0 heterocycles. The van der Waals surface area contributed by atoms with Crippen LogP contribution in [-0.2, 0) is 16.1 Å². The molecule has 0 radical (unpaired) electrons. The summed E-state index contributed by atoms with van der Waals surface area (Å²) in [4.78, 5) is 22.6. The van der Waals surface area contributed by atoms with E-state index in [1.165, 1.54) is 7.11 Å². The molecule has 1 amide bonds. The van der Waals surface area contributed by atoms with Gasteiger partial charge in [0.2, 0.25) is 5.91 Å². The van der Waals surface area contributed by atoms with Crippen LogP contribution in [0.15, 0.2) is 12.1 Å². The molecule has 22 heavy (non-hydrogen) atoms. The number of benzene rings is 1. The topological polar surface area (TPSA) is 84.9 Å². The maximum Gasteiger partial charge on any atom is 0.307 e. The molecule has 2 atom stereocenters. The molecular weight excluding hydrogens is 310 g/mol. The van der Waals surface area contributed by atoms with Gasteiger partial charge in [0, 0.05) is 6.54 Å². The van der Waals surface area contributed by atoms with Gasteiger partial charge in [-0.2, -0.15) is 0 Å². The number of rotatable bonds is 7. The lowest BCUT2D eigenvalue weighted by Gasteiger charge is -2.13. The van der Waals surface area contributed by atoms with Crippen LogP contribution in [0, 0.1) is 11.8 Å². The van der Waals surface area contributed by atoms with Gasteiger partial charge in [0.1, 0.15) is 0 Å². The molecule has 0 saturated heterocycles. The summed E-state index contributed by atoms with van der Waals surface area (Å²) in [7, 11) is 1.51. The van der Waals surface area contributed by atoms with Crippen molar-refractivity contribution in [3.63, 3.8) is 0 Å². The Morgan fingerprint density at radius 2 is 2.14 bits per heavy atom. The Balaban J connectivity index is 2.00. The molecule has 7 heteroatoms. The summed E-state index contributed by atoms with van der Waals surface area (Å²) in [5, 5.41) is 11.9. The number of nitrogens with one attached hydrogen (secondary N) is 1. The minimum absolute atomic E-state index is 0.253. The minimum atomic E-state index is -0.925. The van der Waals surface area contributed by atoms with Crippen molar-refractivity contribution < 1.29 is 24.2 Å². The van der Waals surface area contributed by atoms with E-state index in [4.69, 9.17) is 26.2 Å². The summed E-state index contributed by atoms with van der Waals surface area (Å²) in [6.45, 7) is 2.56. The number of amides is 1. The molecule has 1 aromatic carbocycles. The van der Waals surface area contributed by atoms with E-state index in [0.29, 0.717) is 29.5 Å². The average Bonchev–Trinajstić information content (AvgIpc) is 3.27. The molecule has 0 spiro atoms. The molecule has 2 N–H and O–H groups in total. The Morgan fingerprint density at radius 3 is 2.68 bits per heavy atom. The van der Waals surface area contributed by atoms with E-state index in [9.17, 15) is 9.59 Å². The molecule has 1 aromatic rings. The molecule has 1 fully saturated rings. The molecule has 0 aliphatic heterocycles. The maximum atomic E-state index is 11.8. The number of carboxylic acids is 1. The zero-order valence-electron chi connectivity index (χ0n) is 12.4. The van der Waals surface area contributed by atoms with Crippen LogP contribution in [0.5, 0.6) is 11.5 Å². The van der Waals surface area contributed by atoms with Crippen LogP contribution in [0.2, 0.25) is 5.02 Å². The number of carboxylic acid groups (broad SMARTS) is 1. The predicted octanol–water partition coefficient (Wildman–Crippen LogP) is 2.08. The molecule has 0 bridgehead atoms. The molecule has 1 aliphatic rings. The molecule has 0 unspecified atom stereocenters. The first-order valence-electron chi connectivity index (χ1n) is 6.97. The highest BCUT2D eigenvalue weighted by Crippen LogP contribution is 2.39. The van der Waals surface area contributed by atoms with Crippen LogP contribution in [0.4, 0.5) is 0 Å². The fourth-order valence-corrected chi connectivity index (χ4v) is 2.53. The predicted molar refractivity (Wildman–Crippen MR) is 80.3 cm³/mol. The van der Waals surface area contributed by atoms with Crippen molar-refractivity contribution in [3.05, 3.63) is 22.7 Å². The lowest BCUT2D eigenvalue weighted by molar-refractivity contribution is -0.140. The lowest BCUT2D eigenvalue weighted by Crippen LogP contribution is -2.25. The van der Waals surface area contributed by atoms with E-state index in [2.05, 4.69) is 5.32 Å². The Morgan fingerprint density at radius 1 is 1.41 bits per heavy atom. The minimum Gasteiger partial charge on any atom is -0.493 e. The Labute approximate surface area is 133 Å². The van der Waals surface area contributed by atoms with E-state index in [-0.39, 0.29) is 12.5 Å². The van der Waals surface area contributed by atoms with Gasteiger partial charge in [0.05, 0.1) is 30.6 Å². The standard InChI is InChI=1S/C15H18ClNO5/c1-3-22-13-11(16)4-8(5-12(13)21-2)7-17-14(18)9-6-10(9)15(19)20/h4-5,9-10H,3,6-7H2,1-2H3,(H,17,18)(H,19,20)/t9-,10-/m0/s1. The van der Waals surface area contributed by atoms with Crippen LogP contribution in [-0.4, -0.2) is 30.7 Å². The van der Waals surface area contributed by atoms with Crippen molar-refractivity contribution in [1.29, 1.82) is 0 Å². The summed E-state index contributed by atoms with van der Waals surface area (Å²) in [6, 6.07) is 3.43. The van der Waals surface area contributed by atoms with Crippen LogP contribution < -0.4 is 14.8 Å². The molecule has 1 aliphatic carbocycles. The van der Waals surface area contributed by atoms with E-state index in [1.54, 1.807) is 12.1 Å². The van der Waals surface area contributed by atoms with Gasteiger partial charge in [-0.25, -0.2) is 0 Å². The number of halogens is 1. The van der Waals surface area contributed by atoms with Crippen LogP contribution >= 0.6 is 11.6 Å². The van der Waals surface area contributed by atoms with Gasteiger partial charge in [0.25, 0.3) is 0 Å². The highest BCUT2D eigenvalue weighted by atomic mass is 35.5. The Bertz CT molecular complexity index is 590. The monoisotopic (exact) mass is 327 g/mol. The lowest BCUT2D eigenvalue weighted by atomic mass is 10.2. The van der Waals surface area contributed by atoms with Gasteiger partial charge in [0.15, 0.2) is 11.5 Å². The van der Waals surface area contributed by atoms with Gasteiger partial charge < -0.3 is 19.9 Å². The second-order valence-corrected chi connectivity index (χ2v) is 5.45. The van der Waals surface area contributed by atoms with Crippen LogP contribution in [0.25, 0.3) is 0 Å². The summed E-state index contributed by atoms with van der Waals surface area (Å²) in [5.41, 5.74) is 0.756. The first-order chi connectivity index (χ1) is 10.5. The van der Waals surface area contributed by atoms with Gasteiger partial charge in [-0.15, -0.1) is 0 Å². The first kappa shape index (κ1) is 16.4. The molecular formula is C15H18ClNO5. The van der Waals surface area contributed by atoms with E-state index < -0.39 is 17.8 Å². The third-order valence-corrected chi connectivity index (χ3v) is 3.77. The number of ether oxygens (including phenoxy) is 2.